The van der Waals surface area contributed by atoms with E-state index in [1.807, 2.05) is 24.3 Å². The normalized spacial score (nSPS) is 11.3. The standard InChI is InChI=1S/C16H23NO3/c1-3-17(4-2)11-12-20-13-15-8-6-5-7-14(15)9-10-16(18)19/h5-10H,3-4,11-13H2,1-2H3,(H,18,19)/b10-9+. The second-order valence-electron chi connectivity index (χ2n) is 4.45. The van der Waals surface area contributed by atoms with E-state index in [0.717, 1.165) is 36.8 Å². The van der Waals surface area contributed by atoms with Crippen LogP contribution in [0.3, 0.4) is 0 Å². The zero-order chi connectivity index (χ0) is 14.8. The number of carboxylic acid groups (broad SMARTS) is 1. The van der Waals surface area contributed by atoms with Gasteiger partial charge in [-0.2, -0.15) is 0 Å². The van der Waals surface area contributed by atoms with Crippen molar-refractivity contribution in [1.29, 1.82) is 0 Å². The second-order valence-corrected chi connectivity index (χ2v) is 4.45. The van der Waals surface area contributed by atoms with Crippen molar-refractivity contribution in [2.45, 2.75) is 20.5 Å². The van der Waals surface area contributed by atoms with Gasteiger partial charge in [-0.05, 0) is 30.3 Å². The number of likely N-dealkylation sites (N-methyl/N-ethyl adjacent to an activating group) is 1. The number of aliphatic carboxylic acids is 1. The molecule has 0 atom stereocenters. The Morgan fingerprint density at radius 2 is 2.00 bits per heavy atom. The van der Waals surface area contributed by atoms with Gasteiger partial charge in [-0.15, -0.1) is 0 Å². The highest BCUT2D eigenvalue weighted by molar-refractivity contribution is 5.85. The lowest BCUT2D eigenvalue weighted by Crippen LogP contribution is -2.27. The number of ether oxygens (including phenoxy) is 1. The molecule has 0 amide bonds. The molecule has 1 aromatic carbocycles. The van der Waals surface area contributed by atoms with Crippen LogP contribution in [-0.4, -0.2) is 42.2 Å². The maximum Gasteiger partial charge on any atom is 0.328 e. The molecule has 4 nitrogen and oxygen atoms in total. The van der Waals surface area contributed by atoms with Gasteiger partial charge in [0.05, 0.1) is 13.2 Å². The van der Waals surface area contributed by atoms with Gasteiger partial charge < -0.3 is 14.7 Å². The third kappa shape index (κ3) is 5.99. The lowest BCUT2D eigenvalue weighted by Gasteiger charge is -2.17. The molecule has 20 heavy (non-hydrogen) atoms. The number of benzene rings is 1. The van der Waals surface area contributed by atoms with Crippen molar-refractivity contribution < 1.29 is 14.6 Å². The first-order valence-electron chi connectivity index (χ1n) is 6.96. The Balaban J connectivity index is 2.49. The van der Waals surface area contributed by atoms with Gasteiger partial charge in [-0.1, -0.05) is 38.1 Å². The summed E-state index contributed by atoms with van der Waals surface area (Å²) in [5.74, 6) is -0.942. The summed E-state index contributed by atoms with van der Waals surface area (Å²) in [5, 5.41) is 8.67. The molecule has 0 bridgehead atoms. The van der Waals surface area contributed by atoms with Gasteiger partial charge in [0.1, 0.15) is 0 Å². The maximum absolute atomic E-state index is 10.6. The molecule has 0 aliphatic carbocycles. The summed E-state index contributed by atoms with van der Waals surface area (Å²) in [5.41, 5.74) is 1.89. The Morgan fingerprint density at radius 3 is 2.65 bits per heavy atom. The van der Waals surface area contributed by atoms with E-state index in [9.17, 15) is 4.79 Å². The molecule has 0 fully saturated rings. The molecule has 4 heteroatoms. The number of hydrogen-bond acceptors (Lipinski definition) is 3. The first-order chi connectivity index (χ1) is 9.67. The smallest absolute Gasteiger partial charge is 0.328 e. The zero-order valence-electron chi connectivity index (χ0n) is 12.2. The molecular formula is C16H23NO3. The van der Waals surface area contributed by atoms with Crippen LogP contribution in [0.2, 0.25) is 0 Å². The van der Waals surface area contributed by atoms with Gasteiger partial charge >= 0.3 is 5.97 Å². The maximum atomic E-state index is 10.6. The number of hydrogen-bond donors (Lipinski definition) is 1. The fourth-order valence-corrected chi connectivity index (χ4v) is 1.90. The highest BCUT2D eigenvalue weighted by Crippen LogP contribution is 2.12. The third-order valence-electron chi connectivity index (χ3n) is 3.16. The van der Waals surface area contributed by atoms with Crippen molar-refractivity contribution in [1.82, 2.24) is 4.90 Å². The monoisotopic (exact) mass is 277 g/mol. The average Bonchev–Trinajstić information content (AvgIpc) is 2.46. The molecule has 0 radical (unpaired) electrons. The van der Waals surface area contributed by atoms with Gasteiger partial charge in [0, 0.05) is 12.6 Å². The van der Waals surface area contributed by atoms with Crippen LogP contribution in [0.1, 0.15) is 25.0 Å². The van der Waals surface area contributed by atoms with E-state index in [-0.39, 0.29) is 0 Å². The lowest BCUT2D eigenvalue weighted by atomic mass is 10.1. The Morgan fingerprint density at radius 1 is 1.30 bits per heavy atom. The molecule has 0 aliphatic rings. The minimum absolute atomic E-state index is 0.501. The van der Waals surface area contributed by atoms with Gasteiger partial charge in [-0.25, -0.2) is 4.79 Å². The van der Waals surface area contributed by atoms with E-state index in [2.05, 4.69) is 18.7 Å². The number of carbonyl (C=O) groups is 1. The van der Waals surface area contributed by atoms with E-state index >= 15 is 0 Å². The summed E-state index contributed by atoms with van der Waals surface area (Å²) >= 11 is 0. The molecular weight excluding hydrogens is 254 g/mol. The molecule has 110 valence electrons. The molecule has 0 saturated carbocycles. The van der Waals surface area contributed by atoms with Crippen molar-refractivity contribution in [2.75, 3.05) is 26.2 Å². The van der Waals surface area contributed by atoms with E-state index in [4.69, 9.17) is 9.84 Å². The highest BCUT2D eigenvalue weighted by atomic mass is 16.5. The van der Waals surface area contributed by atoms with Crippen LogP contribution in [0.4, 0.5) is 0 Å². The minimum Gasteiger partial charge on any atom is -0.478 e. The number of nitrogens with zero attached hydrogens (tertiary/aromatic N) is 1. The summed E-state index contributed by atoms with van der Waals surface area (Å²) in [4.78, 5) is 12.9. The second kappa shape index (κ2) is 9.28. The predicted molar refractivity (Wildman–Crippen MR) is 80.6 cm³/mol. The third-order valence-corrected chi connectivity index (χ3v) is 3.16. The van der Waals surface area contributed by atoms with Crippen LogP contribution in [0.15, 0.2) is 30.3 Å². The Labute approximate surface area is 120 Å². The zero-order valence-corrected chi connectivity index (χ0v) is 12.2. The number of carboxylic acids is 1. The first-order valence-corrected chi connectivity index (χ1v) is 6.96. The lowest BCUT2D eigenvalue weighted by molar-refractivity contribution is -0.131. The van der Waals surface area contributed by atoms with Crippen molar-refractivity contribution in [3.05, 3.63) is 41.5 Å². The van der Waals surface area contributed by atoms with E-state index in [1.165, 1.54) is 0 Å². The van der Waals surface area contributed by atoms with Crippen LogP contribution < -0.4 is 0 Å². The molecule has 0 aromatic heterocycles. The van der Waals surface area contributed by atoms with Crippen molar-refractivity contribution >= 4 is 12.0 Å². The number of rotatable bonds is 9. The van der Waals surface area contributed by atoms with Gasteiger partial charge in [-0.3, -0.25) is 0 Å². The summed E-state index contributed by atoms with van der Waals surface area (Å²) in [6, 6.07) is 7.67. The molecule has 0 unspecified atom stereocenters. The predicted octanol–water partition coefficient (Wildman–Crippen LogP) is 2.64. The molecule has 1 rings (SSSR count). The molecule has 0 aliphatic heterocycles. The summed E-state index contributed by atoms with van der Waals surface area (Å²) in [6.07, 6.45) is 2.75. The Kier molecular flexibility index (Phi) is 7.62. The van der Waals surface area contributed by atoms with Crippen molar-refractivity contribution in [3.8, 4) is 0 Å². The minimum atomic E-state index is -0.942. The Bertz CT molecular complexity index is 439. The van der Waals surface area contributed by atoms with Crippen LogP contribution in [-0.2, 0) is 16.1 Å². The SMILES string of the molecule is CCN(CC)CCOCc1ccccc1/C=C/C(=O)O. The first kappa shape index (κ1) is 16.4. The van der Waals surface area contributed by atoms with Crippen LogP contribution >= 0.6 is 0 Å². The van der Waals surface area contributed by atoms with E-state index in [0.29, 0.717) is 13.2 Å². The highest BCUT2D eigenvalue weighted by Gasteiger charge is 2.01. The van der Waals surface area contributed by atoms with E-state index in [1.54, 1.807) is 6.08 Å². The van der Waals surface area contributed by atoms with Crippen molar-refractivity contribution in [3.63, 3.8) is 0 Å². The quantitative estimate of drug-likeness (QED) is 0.557. The van der Waals surface area contributed by atoms with Gasteiger partial charge in [0.15, 0.2) is 0 Å². The molecule has 0 saturated heterocycles. The summed E-state index contributed by atoms with van der Waals surface area (Å²) < 4.78 is 5.68. The molecule has 1 N–H and O–H groups in total. The molecule has 0 spiro atoms. The van der Waals surface area contributed by atoms with Gasteiger partial charge in [0.2, 0.25) is 0 Å². The van der Waals surface area contributed by atoms with Crippen molar-refractivity contribution in [2.24, 2.45) is 0 Å². The Hall–Kier alpha value is -1.65. The van der Waals surface area contributed by atoms with E-state index < -0.39 is 5.97 Å². The summed E-state index contributed by atoms with van der Waals surface area (Å²) in [7, 11) is 0. The molecule has 0 heterocycles. The van der Waals surface area contributed by atoms with Crippen LogP contribution in [0.5, 0.6) is 0 Å². The topological polar surface area (TPSA) is 49.8 Å². The fourth-order valence-electron chi connectivity index (χ4n) is 1.90. The average molecular weight is 277 g/mol. The summed E-state index contributed by atoms with van der Waals surface area (Å²) in [6.45, 7) is 8.42. The van der Waals surface area contributed by atoms with Crippen LogP contribution in [0, 0.1) is 0 Å². The molecule has 1 aromatic rings. The van der Waals surface area contributed by atoms with Crippen LogP contribution in [0.25, 0.3) is 6.08 Å². The largest absolute Gasteiger partial charge is 0.478 e. The van der Waals surface area contributed by atoms with Gasteiger partial charge in [0.25, 0.3) is 0 Å². The fraction of sp³-hybridized carbons (Fsp3) is 0.438.